The molecule has 0 aromatic carbocycles. The summed E-state index contributed by atoms with van der Waals surface area (Å²) in [5, 5.41) is 2.28. The Bertz CT molecular complexity index is 631. The molecule has 1 fully saturated rings. The normalized spacial score (nSPS) is 24.2. The number of hydrogen-bond donors (Lipinski definition) is 1. The van der Waals surface area contributed by atoms with Crippen LogP contribution in [0.2, 0.25) is 0 Å². The zero-order chi connectivity index (χ0) is 14.3. The lowest BCUT2D eigenvalue weighted by molar-refractivity contribution is -0.120. The van der Waals surface area contributed by atoms with Crippen LogP contribution in [0.1, 0.15) is 47.9 Å². The highest BCUT2D eigenvalue weighted by molar-refractivity contribution is 6.09. The number of fused-ring (bicyclic) bond motifs is 1. The summed E-state index contributed by atoms with van der Waals surface area (Å²) < 4.78 is 5.01. The Morgan fingerprint density at radius 1 is 1.30 bits per heavy atom. The number of carbonyl (C=O) groups excluding carboxylic acids is 2. The quantitative estimate of drug-likeness (QED) is 0.843. The number of imide groups is 1. The van der Waals surface area contributed by atoms with Gasteiger partial charge in [-0.05, 0) is 36.7 Å². The van der Waals surface area contributed by atoms with E-state index < -0.39 is 17.4 Å². The van der Waals surface area contributed by atoms with Crippen molar-refractivity contribution >= 4 is 11.8 Å². The molecule has 5 heteroatoms. The highest BCUT2D eigenvalue weighted by Crippen LogP contribution is 2.44. The Hall–Kier alpha value is -1.91. The van der Waals surface area contributed by atoms with Crippen molar-refractivity contribution in [2.24, 2.45) is 11.8 Å². The van der Waals surface area contributed by atoms with Crippen molar-refractivity contribution in [1.29, 1.82) is 0 Å². The van der Waals surface area contributed by atoms with Gasteiger partial charge < -0.3 is 4.42 Å². The van der Waals surface area contributed by atoms with E-state index >= 15 is 0 Å². The first-order valence-electron chi connectivity index (χ1n) is 7.08. The number of carbonyl (C=O) groups is 2. The van der Waals surface area contributed by atoms with Gasteiger partial charge in [0, 0.05) is 6.07 Å². The van der Waals surface area contributed by atoms with Gasteiger partial charge in [0.25, 0.3) is 5.91 Å². The molecular weight excluding hydrogens is 258 g/mol. The molecule has 0 spiro atoms. The van der Waals surface area contributed by atoms with Gasteiger partial charge in [0.05, 0.1) is 12.0 Å². The van der Waals surface area contributed by atoms with Crippen molar-refractivity contribution in [3.05, 3.63) is 33.4 Å². The van der Waals surface area contributed by atoms with E-state index in [1.54, 1.807) is 0 Å². The molecule has 2 heterocycles. The predicted molar refractivity (Wildman–Crippen MR) is 71.4 cm³/mol. The fourth-order valence-electron chi connectivity index (χ4n) is 3.07. The molecule has 1 aliphatic carbocycles. The lowest BCUT2D eigenvalue weighted by Gasteiger charge is -2.16. The predicted octanol–water partition coefficient (Wildman–Crippen LogP) is 1.43. The van der Waals surface area contributed by atoms with Gasteiger partial charge in [-0.15, -0.1) is 0 Å². The molecule has 2 amide bonds. The molecule has 3 rings (SSSR count). The third-order valence-electron chi connectivity index (χ3n) is 4.29. The first-order chi connectivity index (χ1) is 9.58. The zero-order valence-electron chi connectivity index (χ0n) is 11.4. The van der Waals surface area contributed by atoms with Crippen molar-refractivity contribution in [3.63, 3.8) is 0 Å². The summed E-state index contributed by atoms with van der Waals surface area (Å²) in [5.74, 6) is 0.843. The van der Waals surface area contributed by atoms with E-state index in [0.29, 0.717) is 23.5 Å². The molecule has 0 bridgehead atoms. The van der Waals surface area contributed by atoms with Gasteiger partial charge in [-0.1, -0.05) is 13.3 Å². The van der Waals surface area contributed by atoms with Gasteiger partial charge in [-0.25, -0.2) is 4.79 Å². The zero-order valence-corrected chi connectivity index (χ0v) is 11.4. The third kappa shape index (κ3) is 2.40. The average molecular weight is 275 g/mol. The summed E-state index contributed by atoms with van der Waals surface area (Å²) in [6, 6.07) is 1.39. The summed E-state index contributed by atoms with van der Waals surface area (Å²) >= 11 is 0. The molecule has 20 heavy (non-hydrogen) atoms. The minimum absolute atomic E-state index is 0.0365. The lowest BCUT2D eigenvalue weighted by atomic mass is 9.97. The molecule has 1 aromatic heterocycles. The molecule has 0 saturated heterocycles. The monoisotopic (exact) mass is 275 g/mol. The van der Waals surface area contributed by atoms with Crippen LogP contribution in [0.4, 0.5) is 0 Å². The first kappa shape index (κ1) is 13.1. The fourth-order valence-corrected chi connectivity index (χ4v) is 3.07. The van der Waals surface area contributed by atoms with Crippen LogP contribution in [0.5, 0.6) is 0 Å². The Labute approximate surface area is 116 Å². The van der Waals surface area contributed by atoms with Crippen LogP contribution < -0.4 is 10.9 Å². The maximum absolute atomic E-state index is 11.9. The van der Waals surface area contributed by atoms with Gasteiger partial charge in [0.2, 0.25) is 5.91 Å². The fraction of sp³-hybridized carbons (Fsp3) is 0.533. The summed E-state index contributed by atoms with van der Waals surface area (Å²) in [6.45, 7) is 2.18. The highest BCUT2D eigenvalue weighted by Gasteiger charge is 2.35. The molecule has 0 radical (unpaired) electrons. The van der Waals surface area contributed by atoms with Crippen LogP contribution in [-0.2, 0) is 17.6 Å². The van der Waals surface area contributed by atoms with Crippen LogP contribution in [-0.4, -0.2) is 11.8 Å². The Kier molecular flexibility index (Phi) is 3.20. The average Bonchev–Trinajstić information content (AvgIpc) is 3.13. The van der Waals surface area contributed by atoms with Gasteiger partial charge >= 0.3 is 5.63 Å². The Morgan fingerprint density at radius 3 is 2.80 bits per heavy atom. The van der Waals surface area contributed by atoms with Gasteiger partial charge in [0.15, 0.2) is 0 Å². The van der Waals surface area contributed by atoms with Gasteiger partial charge in [0.1, 0.15) is 5.76 Å². The van der Waals surface area contributed by atoms with E-state index in [9.17, 15) is 14.4 Å². The van der Waals surface area contributed by atoms with Crippen LogP contribution in [0.25, 0.3) is 0 Å². The van der Waals surface area contributed by atoms with Crippen molar-refractivity contribution < 1.29 is 14.0 Å². The second-order valence-electron chi connectivity index (χ2n) is 5.65. The second kappa shape index (κ2) is 4.89. The van der Waals surface area contributed by atoms with Crippen molar-refractivity contribution in [2.45, 2.75) is 39.0 Å². The minimum atomic E-state index is -0.482. The molecule has 1 saturated carbocycles. The number of nitrogens with one attached hydrogen (secondary N) is 1. The van der Waals surface area contributed by atoms with Gasteiger partial charge in [-0.2, -0.15) is 0 Å². The maximum Gasteiger partial charge on any atom is 0.336 e. The molecule has 2 unspecified atom stereocenters. The largest absolute Gasteiger partial charge is 0.426 e. The molecule has 2 aliphatic rings. The third-order valence-corrected chi connectivity index (χ3v) is 4.29. The SMILES string of the molecule is CCC1CC1CCc1cc(=O)oc2c1C(=O)NC(=O)C2. The second-order valence-corrected chi connectivity index (χ2v) is 5.65. The molecule has 1 aromatic rings. The van der Waals surface area contributed by atoms with Crippen molar-refractivity contribution in [1.82, 2.24) is 5.32 Å². The van der Waals surface area contributed by atoms with E-state index in [1.165, 1.54) is 18.9 Å². The molecule has 106 valence electrons. The van der Waals surface area contributed by atoms with Crippen LogP contribution in [0.15, 0.2) is 15.3 Å². The van der Waals surface area contributed by atoms with Crippen molar-refractivity contribution in [3.8, 4) is 0 Å². The van der Waals surface area contributed by atoms with Gasteiger partial charge in [-0.3, -0.25) is 14.9 Å². The standard InChI is InChI=1S/C15H17NO4/c1-2-8-5-9(8)3-4-10-6-13(18)20-11-7-12(17)16-15(19)14(10)11/h6,8-9H,2-5,7H2,1H3,(H,16,17,19). The molecule has 2 atom stereocenters. The minimum Gasteiger partial charge on any atom is -0.426 e. The Balaban J connectivity index is 1.85. The summed E-state index contributed by atoms with van der Waals surface area (Å²) in [6.07, 6.45) is 4.07. The van der Waals surface area contributed by atoms with Crippen LogP contribution in [0.3, 0.4) is 0 Å². The number of hydrogen-bond acceptors (Lipinski definition) is 4. The van der Waals surface area contributed by atoms with E-state index in [4.69, 9.17) is 4.42 Å². The molecule has 1 aliphatic heterocycles. The van der Waals surface area contributed by atoms with E-state index in [1.807, 2.05) is 0 Å². The number of aryl methyl sites for hydroxylation is 1. The van der Waals surface area contributed by atoms with Crippen LogP contribution >= 0.6 is 0 Å². The number of rotatable bonds is 4. The lowest BCUT2D eigenvalue weighted by Crippen LogP contribution is -2.38. The van der Waals surface area contributed by atoms with E-state index in [0.717, 1.165) is 12.3 Å². The van der Waals surface area contributed by atoms with Crippen molar-refractivity contribution in [2.75, 3.05) is 0 Å². The summed E-state index contributed by atoms with van der Waals surface area (Å²) in [4.78, 5) is 34.8. The highest BCUT2D eigenvalue weighted by atomic mass is 16.4. The first-order valence-corrected chi connectivity index (χ1v) is 7.08. The molecule has 5 nitrogen and oxygen atoms in total. The van der Waals surface area contributed by atoms with E-state index in [-0.39, 0.29) is 12.2 Å². The number of amides is 2. The summed E-state index contributed by atoms with van der Waals surface area (Å²) in [5.41, 5.74) is 0.616. The molecular formula is C15H17NO4. The molecule has 1 N–H and O–H groups in total. The van der Waals surface area contributed by atoms with E-state index in [2.05, 4.69) is 12.2 Å². The van der Waals surface area contributed by atoms with Crippen LogP contribution in [0, 0.1) is 11.8 Å². The smallest absolute Gasteiger partial charge is 0.336 e. The Morgan fingerprint density at radius 2 is 2.10 bits per heavy atom. The maximum atomic E-state index is 11.9. The topological polar surface area (TPSA) is 76.4 Å². The summed E-state index contributed by atoms with van der Waals surface area (Å²) in [7, 11) is 0.